The van der Waals surface area contributed by atoms with Gasteiger partial charge in [0.05, 0.1) is 38.6 Å². The number of nitrogens with one attached hydrogen (secondary N) is 1. The number of allylic oxidation sites excluding steroid dienone is 7. The van der Waals surface area contributed by atoms with Crippen LogP contribution in [0.5, 0.6) is 0 Å². The van der Waals surface area contributed by atoms with Crippen molar-refractivity contribution in [3.8, 4) is 0 Å². The SMILES string of the molecule is CCCCCCCCC/C=C\CCCCCCCC(=O)NC(COC1OC(CO)C(OC2OC(CO)C(OC3OC(CO)C(O)C(O)C3O)C(O)C2O)C(O)C1O)C(O)/C=C/CC/C=C/CC/C=C/CCCCCCCCCCCCCCCCC. The molecule has 19 nitrogen and oxygen atoms in total. The second-order valence-corrected chi connectivity index (χ2v) is 24.3. The van der Waals surface area contributed by atoms with Gasteiger partial charge in [-0.1, -0.05) is 210 Å². The molecule has 3 aliphatic rings. The van der Waals surface area contributed by atoms with E-state index in [1.807, 2.05) is 6.08 Å². The molecule has 502 valence electrons. The normalized spacial score (nSPS) is 29.1. The highest BCUT2D eigenvalue weighted by Gasteiger charge is 2.53. The zero-order valence-corrected chi connectivity index (χ0v) is 52.8. The average molecular weight is 1230 g/mol. The Bertz CT molecular complexity index is 1750. The molecule has 0 aromatic carbocycles. The molecule has 3 heterocycles. The molecule has 17 atom stereocenters. The highest BCUT2D eigenvalue weighted by Crippen LogP contribution is 2.33. The summed E-state index contributed by atoms with van der Waals surface area (Å²) in [6, 6.07) is -1.00. The topological polar surface area (TPSA) is 307 Å². The lowest BCUT2D eigenvalue weighted by atomic mass is 9.96. The van der Waals surface area contributed by atoms with Gasteiger partial charge in [0.15, 0.2) is 18.9 Å². The van der Waals surface area contributed by atoms with Crippen molar-refractivity contribution in [3.63, 3.8) is 0 Å². The predicted molar refractivity (Wildman–Crippen MR) is 332 cm³/mol. The number of aliphatic hydroxyl groups excluding tert-OH is 11. The van der Waals surface area contributed by atoms with Crippen LogP contribution in [0.2, 0.25) is 0 Å². The number of carbonyl (C=O) groups is 1. The average Bonchev–Trinajstić information content (AvgIpc) is 2.32. The Morgan fingerprint density at radius 3 is 1.16 bits per heavy atom. The van der Waals surface area contributed by atoms with E-state index in [-0.39, 0.29) is 18.9 Å². The van der Waals surface area contributed by atoms with Crippen molar-refractivity contribution in [1.82, 2.24) is 5.32 Å². The third kappa shape index (κ3) is 31.7. The first-order valence-corrected chi connectivity index (χ1v) is 33.9. The van der Waals surface area contributed by atoms with Gasteiger partial charge in [-0.15, -0.1) is 0 Å². The maximum Gasteiger partial charge on any atom is 0.220 e. The Kier molecular flexibility index (Phi) is 44.8. The van der Waals surface area contributed by atoms with Crippen LogP contribution in [-0.4, -0.2) is 193 Å². The monoisotopic (exact) mass is 1230 g/mol. The van der Waals surface area contributed by atoms with Crippen molar-refractivity contribution < 1.29 is 89.4 Å². The summed E-state index contributed by atoms with van der Waals surface area (Å²) in [6.07, 6.45) is 31.0. The van der Waals surface area contributed by atoms with Crippen molar-refractivity contribution in [2.45, 2.75) is 343 Å². The Morgan fingerprint density at radius 2 is 0.744 bits per heavy atom. The second kappa shape index (κ2) is 49.5. The first kappa shape index (κ1) is 78.0. The molecule has 3 rings (SSSR count). The largest absolute Gasteiger partial charge is 0.394 e. The van der Waals surface area contributed by atoms with Crippen molar-refractivity contribution in [2.75, 3.05) is 26.4 Å². The minimum absolute atomic E-state index is 0.221. The summed E-state index contributed by atoms with van der Waals surface area (Å²) in [6.45, 7) is 1.70. The number of ether oxygens (including phenoxy) is 6. The Labute approximate surface area is 516 Å². The third-order valence-corrected chi connectivity index (χ3v) is 16.8. The molecule has 12 N–H and O–H groups in total. The first-order chi connectivity index (χ1) is 41.8. The van der Waals surface area contributed by atoms with Gasteiger partial charge < -0.3 is 89.9 Å². The molecule has 3 fully saturated rings. The van der Waals surface area contributed by atoms with Crippen molar-refractivity contribution in [3.05, 3.63) is 48.6 Å². The second-order valence-electron chi connectivity index (χ2n) is 24.3. The lowest BCUT2D eigenvalue weighted by Crippen LogP contribution is -2.66. The zero-order valence-electron chi connectivity index (χ0n) is 52.8. The molecule has 3 aliphatic heterocycles. The highest BCUT2D eigenvalue weighted by atomic mass is 16.8. The minimum Gasteiger partial charge on any atom is -0.394 e. The molecule has 17 unspecified atom stereocenters. The molecule has 0 radical (unpaired) electrons. The number of hydrogen-bond donors (Lipinski definition) is 12. The van der Waals surface area contributed by atoms with Gasteiger partial charge in [0.25, 0.3) is 0 Å². The minimum atomic E-state index is -1.98. The fourth-order valence-electron chi connectivity index (χ4n) is 11.3. The van der Waals surface area contributed by atoms with E-state index in [0.29, 0.717) is 12.8 Å². The molecule has 3 saturated heterocycles. The smallest absolute Gasteiger partial charge is 0.220 e. The number of amides is 1. The Hall–Kier alpha value is -2.25. The van der Waals surface area contributed by atoms with Crippen molar-refractivity contribution >= 4 is 5.91 Å². The molecular weight excluding hydrogens is 1110 g/mol. The molecule has 0 aromatic rings. The third-order valence-electron chi connectivity index (χ3n) is 16.8. The van der Waals surface area contributed by atoms with E-state index in [9.17, 15) is 61.0 Å². The lowest BCUT2D eigenvalue weighted by Gasteiger charge is -2.48. The van der Waals surface area contributed by atoms with Gasteiger partial charge in [-0.3, -0.25) is 4.79 Å². The standard InChI is InChI=1S/C67H121NO18/c1-3-5-7-9-11-13-15-17-19-21-22-23-24-25-26-27-28-29-30-32-34-36-38-40-42-44-51(72)50(68-55(73)45-43-41-39-37-35-33-31-20-18-16-14-12-10-8-6-4-2)49-81-65-61(79)58(76)63(53(47-70)83-65)86-67-62(80)59(77)64(54(48-71)84-67)85-66-60(78)57(75)56(74)52(46-69)82-66/h20,28-29,31,34,36,42,44,50-54,56-67,69-72,74-80H,3-19,21-27,30,32-33,35,37-41,43,45-49H2,1-2H3,(H,68,73)/b29-28+,31-20-,36-34+,44-42+. The lowest BCUT2D eigenvalue weighted by molar-refractivity contribution is -0.379. The summed E-state index contributed by atoms with van der Waals surface area (Å²) in [5.74, 6) is -0.298. The predicted octanol–water partition coefficient (Wildman–Crippen LogP) is 8.22. The number of rotatable bonds is 51. The summed E-state index contributed by atoms with van der Waals surface area (Å²) in [5, 5.41) is 120. The van der Waals surface area contributed by atoms with E-state index >= 15 is 0 Å². The molecule has 19 heteroatoms. The van der Waals surface area contributed by atoms with Crippen LogP contribution < -0.4 is 5.32 Å². The van der Waals surface area contributed by atoms with Gasteiger partial charge in [-0.05, 0) is 70.6 Å². The Balaban J connectivity index is 1.47. The van der Waals surface area contributed by atoms with Gasteiger partial charge in [0, 0.05) is 6.42 Å². The summed E-state index contributed by atoms with van der Waals surface area (Å²) >= 11 is 0. The zero-order chi connectivity index (χ0) is 62.6. The van der Waals surface area contributed by atoms with E-state index in [2.05, 4.69) is 55.6 Å². The maximum absolute atomic E-state index is 13.4. The molecule has 86 heavy (non-hydrogen) atoms. The van der Waals surface area contributed by atoms with Gasteiger partial charge in [-0.25, -0.2) is 0 Å². The summed E-state index contributed by atoms with van der Waals surface area (Å²) in [7, 11) is 0. The van der Waals surface area contributed by atoms with E-state index in [0.717, 1.165) is 64.2 Å². The van der Waals surface area contributed by atoms with Gasteiger partial charge in [-0.2, -0.15) is 0 Å². The first-order valence-electron chi connectivity index (χ1n) is 33.9. The number of unbranched alkanes of at least 4 members (excludes halogenated alkanes) is 29. The van der Waals surface area contributed by atoms with Crippen LogP contribution in [0, 0.1) is 0 Å². The van der Waals surface area contributed by atoms with Gasteiger partial charge >= 0.3 is 0 Å². The van der Waals surface area contributed by atoms with Crippen molar-refractivity contribution in [2.24, 2.45) is 0 Å². The van der Waals surface area contributed by atoms with Crippen LogP contribution in [0.4, 0.5) is 0 Å². The summed E-state index contributed by atoms with van der Waals surface area (Å²) in [5.41, 5.74) is 0. The van der Waals surface area contributed by atoms with Crippen LogP contribution in [0.15, 0.2) is 48.6 Å². The van der Waals surface area contributed by atoms with Crippen LogP contribution in [-0.2, 0) is 33.2 Å². The van der Waals surface area contributed by atoms with Crippen LogP contribution in [0.3, 0.4) is 0 Å². The van der Waals surface area contributed by atoms with Crippen LogP contribution >= 0.6 is 0 Å². The quantitative estimate of drug-likeness (QED) is 0.0202. The van der Waals surface area contributed by atoms with Gasteiger partial charge in [0.1, 0.15) is 73.2 Å². The number of aliphatic hydroxyl groups is 11. The molecule has 0 spiro atoms. The summed E-state index contributed by atoms with van der Waals surface area (Å²) in [4.78, 5) is 13.4. The van der Waals surface area contributed by atoms with E-state index in [1.165, 1.54) is 141 Å². The molecule has 0 saturated carbocycles. The molecule has 0 aromatic heterocycles. The highest BCUT2D eigenvalue weighted by molar-refractivity contribution is 5.76. The fourth-order valence-corrected chi connectivity index (χ4v) is 11.3. The number of hydrogen-bond acceptors (Lipinski definition) is 18. The van der Waals surface area contributed by atoms with Crippen LogP contribution in [0.1, 0.15) is 239 Å². The summed E-state index contributed by atoms with van der Waals surface area (Å²) < 4.78 is 34.3. The molecule has 0 bridgehead atoms. The fraction of sp³-hybridized carbons (Fsp3) is 0.866. The van der Waals surface area contributed by atoms with E-state index in [1.54, 1.807) is 6.08 Å². The van der Waals surface area contributed by atoms with Crippen LogP contribution in [0.25, 0.3) is 0 Å². The molecule has 0 aliphatic carbocycles. The molecule has 1 amide bonds. The van der Waals surface area contributed by atoms with E-state index < -0.39 is 124 Å². The van der Waals surface area contributed by atoms with Crippen molar-refractivity contribution in [1.29, 1.82) is 0 Å². The van der Waals surface area contributed by atoms with E-state index in [4.69, 9.17) is 28.4 Å². The Morgan fingerprint density at radius 1 is 0.407 bits per heavy atom. The molecular formula is C67H121NO18. The number of carbonyl (C=O) groups excluding carboxylic acids is 1. The maximum atomic E-state index is 13.4. The van der Waals surface area contributed by atoms with Gasteiger partial charge in [0.2, 0.25) is 5.91 Å².